The Morgan fingerprint density at radius 3 is 0.903 bits per heavy atom. The number of non-ortho nitro benzene ring substituents is 4. The summed E-state index contributed by atoms with van der Waals surface area (Å²) >= 11 is 0. The molecule has 7 rings (SSSR count). The van der Waals surface area contributed by atoms with E-state index in [-0.39, 0.29) is 45.0 Å². The molecule has 2 saturated carbocycles. The van der Waals surface area contributed by atoms with E-state index in [0.717, 1.165) is 103 Å². The topological polar surface area (TPSA) is 296 Å². The summed E-state index contributed by atoms with van der Waals surface area (Å²) in [5.74, 6) is -6.00. The molecular formula is C40H32N4O18. The molecule has 6 atom stereocenters. The highest BCUT2D eigenvalue weighted by molar-refractivity contribution is 5.92. The van der Waals surface area contributed by atoms with Crippen molar-refractivity contribution in [3.8, 4) is 0 Å². The van der Waals surface area contributed by atoms with Gasteiger partial charge in [0, 0.05) is 61.4 Å². The van der Waals surface area contributed by atoms with Crippen LogP contribution in [0.5, 0.6) is 0 Å². The van der Waals surface area contributed by atoms with Crippen LogP contribution in [-0.2, 0) is 28.4 Å². The van der Waals surface area contributed by atoms with E-state index in [1.807, 2.05) is 0 Å². The number of nitrogens with zero attached hydrogens (tertiary/aromatic N) is 4. The van der Waals surface area contributed by atoms with Crippen molar-refractivity contribution < 1.29 is 67.3 Å². The van der Waals surface area contributed by atoms with Crippen LogP contribution >= 0.6 is 0 Å². The quantitative estimate of drug-likeness (QED) is 0.0684. The van der Waals surface area contributed by atoms with E-state index in [0.29, 0.717) is 25.7 Å². The molecule has 3 aliphatic rings. The number of carbonyl (C=O) groups is 4. The Hall–Kier alpha value is -7.72. The fraction of sp³-hybridized carbons (Fsp3) is 0.300. The molecule has 1 saturated heterocycles. The highest BCUT2D eigenvalue weighted by Gasteiger charge is 2.65. The van der Waals surface area contributed by atoms with Crippen LogP contribution in [0.4, 0.5) is 22.7 Å². The maximum absolute atomic E-state index is 14.0. The van der Waals surface area contributed by atoms with E-state index in [2.05, 4.69) is 0 Å². The summed E-state index contributed by atoms with van der Waals surface area (Å²) in [7, 11) is 0. The summed E-state index contributed by atoms with van der Waals surface area (Å²) in [4.78, 5) is 98.4. The molecule has 22 heteroatoms. The number of esters is 4. The second-order valence-electron chi connectivity index (χ2n) is 14.3. The molecular weight excluding hydrogens is 824 g/mol. The standard InChI is InChI=1S/C40H32N4O18/c45-36(22-4-12-26(13-5-22)41(49)50)57-30-31(58-37(46)23-6-14-27(15-7-23)42(51)52)33(60-39(48)25-10-18-29(19-11-25)44(55)56)35-34(61-40(62-35)20-2-1-3-21-40)32(30)59-38(47)24-8-16-28(17-9-24)43(53)54/h4-19,30-35H,1-3,20-21H2/t30-,31?,32+,33-,34?,35?/m0/s1. The zero-order valence-electron chi connectivity index (χ0n) is 31.9. The second kappa shape index (κ2) is 17.5. The number of hydrogen-bond acceptors (Lipinski definition) is 18. The second-order valence-corrected chi connectivity index (χ2v) is 14.3. The van der Waals surface area contributed by atoms with E-state index >= 15 is 0 Å². The third-order valence-corrected chi connectivity index (χ3v) is 10.5. The van der Waals surface area contributed by atoms with Crippen molar-refractivity contribution in [1.29, 1.82) is 0 Å². The summed E-state index contributed by atoms with van der Waals surface area (Å²) in [5.41, 5.74) is -2.38. The molecule has 1 heterocycles. The highest BCUT2D eigenvalue weighted by Crippen LogP contribution is 2.48. The van der Waals surface area contributed by atoms with Crippen LogP contribution in [-0.4, -0.2) is 86.0 Å². The van der Waals surface area contributed by atoms with Crippen LogP contribution < -0.4 is 0 Å². The third kappa shape index (κ3) is 8.90. The summed E-state index contributed by atoms with van der Waals surface area (Å²) < 4.78 is 37.1. The molecule has 4 aromatic rings. The van der Waals surface area contributed by atoms with E-state index in [9.17, 15) is 59.6 Å². The van der Waals surface area contributed by atoms with E-state index in [4.69, 9.17) is 28.4 Å². The SMILES string of the molecule is O=C(OC1[C@H](OC(=O)c2ccc([N+](=O)[O-])cc2)C2OC3(CCCCC3)OC2[C@H](OC(=O)c2ccc([N+](=O)[O-])cc2)[C@H]1OC(=O)c1ccc([N+](=O)[O-])cc1)c1ccc([N+](=O)[O-])cc1. The average Bonchev–Trinajstić information content (AvgIpc) is 3.63. The van der Waals surface area contributed by atoms with Gasteiger partial charge in [0.2, 0.25) is 0 Å². The van der Waals surface area contributed by atoms with E-state index in [1.54, 1.807) is 0 Å². The third-order valence-electron chi connectivity index (χ3n) is 10.5. The van der Waals surface area contributed by atoms with Gasteiger partial charge in [-0.2, -0.15) is 0 Å². The van der Waals surface area contributed by atoms with Gasteiger partial charge in [0.1, 0.15) is 12.2 Å². The van der Waals surface area contributed by atoms with Gasteiger partial charge in [-0.05, 0) is 61.4 Å². The maximum atomic E-state index is 14.0. The Morgan fingerprint density at radius 2 is 0.661 bits per heavy atom. The lowest BCUT2D eigenvalue weighted by molar-refractivity contribution is -0.385. The molecule has 0 amide bonds. The van der Waals surface area contributed by atoms with E-state index in [1.165, 1.54) is 0 Å². The van der Waals surface area contributed by atoms with Gasteiger partial charge in [-0.15, -0.1) is 0 Å². The van der Waals surface area contributed by atoms with Crippen molar-refractivity contribution in [1.82, 2.24) is 0 Å². The van der Waals surface area contributed by atoms with E-state index < -0.39 is 86.0 Å². The fourth-order valence-corrected chi connectivity index (χ4v) is 7.42. The van der Waals surface area contributed by atoms with Crippen molar-refractivity contribution in [2.24, 2.45) is 0 Å². The van der Waals surface area contributed by atoms with Crippen molar-refractivity contribution in [3.63, 3.8) is 0 Å². The number of hydrogen-bond donors (Lipinski definition) is 0. The molecule has 1 spiro atoms. The van der Waals surface area contributed by atoms with Gasteiger partial charge >= 0.3 is 23.9 Å². The first-order chi connectivity index (χ1) is 29.6. The fourth-order valence-electron chi connectivity index (χ4n) is 7.42. The minimum absolute atomic E-state index is 0.204. The summed E-state index contributed by atoms with van der Waals surface area (Å²) in [6, 6.07) is 16.9. The molecule has 1 aliphatic heterocycles. The largest absolute Gasteiger partial charge is 0.452 e. The zero-order chi connectivity index (χ0) is 44.3. The maximum Gasteiger partial charge on any atom is 0.338 e. The smallest absolute Gasteiger partial charge is 0.338 e. The highest BCUT2D eigenvalue weighted by atomic mass is 16.8. The molecule has 3 unspecified atom stereocenters. The summed E-state index contributed by atoms with van der Waals surface area (Å²) in [5, 5.41) is 45.4. The first-order valence-electron chi connectivity index (χ1n) is 18.8. The van der Waals surface area contributed by atoms with Gasteiger partial charge in [0.05, 0.1) is 41.9 Å². The molecule has 4 aromatic carbocycles. The average molecular weight is 857 g/mol. The van der Waals surface area contributed by atoms with Crippen LogP contribution in [0, 0.1) is 40.5 Å². The monoisotopic (exact) mass is 856 g/mol. The Morgan fingerprint density at radius 1 is 0.419 bits per heavy atom. The van der Waals surface area contributed by atoms with Crippen molar-refractivity contribution >= 4 is 46.6 Å². The number of carbonyl (C=O) groups excluding carboxylic acids is 4. The van der Waals surface area contributed by atoms with Gasteiger partial charge in [-0.1, -0.05) is 6.42 Å². The Labute approximate surface area is 347 Å². The van der Waals surface area contributed by atoms with Crippen molar-refractivity contribution in [3.05, 3.63) is 160 Å². The molecule has 3 fully saturated rings. The number of fused-ring (bicyclic) bond motifs is 1. The Balaban J connectivity index is 1.35. The number of nitro benzene ring substituents is 4. The van der Waals surface area contributed by atoms with Gasteiger partial charge in [0.15, 0.2) is 30.2 Å². The Bertz CT molecular complexity index is 2260. The lowest BCUT2D eigenvalue weighted by Crippen LogP contribution is -2.66. The summed E-state index contributed by atoms with van der Waals surface area (Å²) in [6.45, 7) is 0. The zero-order valence-corrected chi connectivity index (χ0v) is 31.9. The van der Waals surface area contributed by atoms with Gasteiger partial charge in [0.25, 0.3) is 22.7 Å². The van der Waals surface area contributed by atoms with Gasteiger partial charge in [-0.3, -0.25) is 40.5 Å². The normalized spacial score (nSPS) is 22.3. The first kappa shape index (κ1) is 42.4. The number of rotatable bonds is 12. The lowest BCUT2D eigenvalue weighted by atomic mass is 9.84. The molecule has 22 nitrogen and oxygen atoms in total. The predicted octanol–water partition coefficient (Wildman–Crippen LogP) is 5.98. The molecule has 0 radical (unpaired) electrons. The number of nitro groups is 4. The molecule has 62 heavy (non-hydrogen) atoms. The first-order valence-corrected chi connectivity index (χ1v) is 18.8. The molecule has 0 aromatic heterocycles. The number of ether oxygens (including phenoxy) is 6. The molecule has 2 aliphatic carbocycles. The molecule has 320 valence electrons. The van der Waals surface area contributed by atoms with Gasteiger partial charge in [-0.25, -0.2) is 19.2 Å². The number of benzene rings is 4. The molecule has 0 N–H and O–H groups in total. The van der Waals surface area contributed by atoms with Crippen LogP contribution in [0.3, 0.4) is 0 Å². The predicted molar refractivity (Wildman–Crippen MR) is 205 cm³/mol. The molecule has 0 bridgehead atoms. The summed E-state index contributed by atoms with van der Waals surface area (Å²) in [6.07, 6.45) is -7.74. The van der Waals surface area contributed by atoms with Crippen molar-refractivity contribution in [2.75, 3.05) is 0 Å². The lowest BCUT2D eigenvalue weighted by Gasteiger charge is -2.44. The Kier molecular flexibility index (Phi) is 12.0. The minimum atomic E-state index is -1.96. The van der Waals surface area contributed by atoms with Crippen LogP contribution in [0.15, 0.2) is 97.1 Å². The van der Waals surface area contributed by atoms with Crippen LogP contribution in [0.1, 0.15) is 73.5 Å². The van der Waals surface area contributed by atoms with Gasteiger partial charge < -0.3 is 28.4 Å². The van der Waals surface area contributed by atoms with Crippen LogP contribution in [0.2, 0.25) is 0 Å². The van der Waals surface area contributed by atoms with Crippen LogP contribution in [0.25, 0.3) is 0 Å². The van der Waals surface area contributed by atoms with Crippen molar-refractivity contribution in [2.45, 2.75) is 74.5 Å². The minimum Gasteiger partial charge on any atom is -0.452 e.